The van der Waals surface area contributed by atoms with Crippen molar-refractivity contribution >= 4 is 33.4 Å². The fourth-order valence-electron chi connectivity index (χ4n) is 3.64. The van der Waals surface area contributed by atoms with Crippen LogP contribution in [-0.4, -0.2) is 15.5 Å². The van der Waals surface area contributed by atoms with Gasteiger partial charge in [0.05, 0.1) is 6.42 Å². The minimum Gasteiger partial charge on any atom is -0.358 e. The van der Waals surface area contributed by atoms with E-state index in [-0.39, 0.29) is 5.91 Å². The lowest BCUT2D eigenvalue weighted by Gasteiger charge is -2.07. The molecule has 0 saturated heterocycles. The Labute approximate surface area is 152 Å². The molecule has 0 bridgehead atoms. The minimum atomic E-state index is 0.00481. The van der Waals surface area contributed by atoms with E-state index in [0.717, 1.165) is 46.2 Å². The highest BCUT2D eigenvalue weighted by Gasteiger charge is 2.12. The van der Waals surface area contributed by atoms with Gasteiger partial charge < -0.3 is 14.9 Å². The highest BCUT2D eigenvalue weighted by molar-refractivity contribution is 5.98. The summed E-state index contributed by atoms with van der Waals surface area (Å²) < 4.78 is 2.25. The average molecular weight is 345 g/mol. The first-order chi connectivity index (χ1) is 12.7. The second-order valence-corrected chi connectivity index (χ2v) is 6.78. The predicted molar refractivity (Wildman–Crippen MR) is 108 cm³/mol. The van der Waals surface area contributed by atoms with Crippen molar-refractivity contribution in [1.29, 1.82) is 0 Å². The maximum absolute atomic E-state index is 12.6. The van der Waals surface area contributed by atoms with Crippen molar-refractivity contribution in [2.75, 3.05) is 5.32 Å². The third-order valence-electron chi connectivity index (χ3n) is 4.88. The standard InChI is InChI=1S/C22H23N3O/c1-3-11-25-12-10-16-13-17(8-9-21(16)25)24-22(26)14-19-15(2)23-20-7-5-4-6-18(19)20/h4-10,12-13,23H,3,11,14H2,1-2H3,(H,24,26). The topological polar surface area (TPSA) is 49.8 Å². The number of rotatable bonds is 5. The first kappa shape index (κ1) is 16.5. The number of para-hydroxylation sites is 1. The zero-order valence-electron chi connectivity index (χ0n) is 15.2. The molecule has 2 aromatic heterocycles. The summed E-state index contributed by atoms with van der Waals surface area (Å²) in [6.45, 7) is 5.20. The molecule has 0 radical (unpaired) electrons. The largest absolute Gasteiger partial charge is 0.358 e. The van der Waals surface area contributed by atoms with Crippen LogP contribution in [0.4, 0.5) is 5.69 Å². The molecular formula is C22H23N3O. The van der Waals surface area contributed by atoms with Crippen molar-refractivity contribution in [2.24, 2.45) is 0 Å². The molecule has 2 aromatic carbocycles. The zero-order valence-corrected chi connectivity index (χ0v) is 15.2. The molecule has 0 atom stereocenters. The molecular weight excluding hydrogens is 322 g/mol. The summed E-state index contributed by atoms with van der Waals surface area (Å²) in [6.07, 6.45) is 3.58. The Hall–Kier alpha value is -3.01. The highest BCUT2D eigenvalue weighted by atomic mass is 16.1. The predicted octanol–water partition coefficient (Wildman–Crippen LogP) is 5.02. The Morgan fingerprint density at radius 3 is 2.85 bits per heavy atom. The van der Waals surface area contributed by atoms with Gasteiger partial charge in [0.25, 0.3) is 0 Å². The van der Waals surface area contributed by atoms with Crippen LogP contribution < -0.4 is 5.32 Å². The fourth-order valence-corrected chi connectivity index (χ4v) is 3.64. The molecule has 0 fully saturated rings. The van der Waals surface area contributed by atoms with E-state index in [1.807, 2.05) is 37.3 Å². The van der Waals surface area contributed by atoms with E-state index < -0.39 is 0 Å². The second kappa shape index (κ2) is 6.71. The summed E-state index contributed by atoms with van der Waals surface area (Å²) in [5, 5.41) is 5.31. The van der Waals surface area contributed by atoms with Crippen LogP contribution in [0.15, 0.2) is 54.7 Å². The Morgan fingerprint density at radius 1 is 1.15 bits per heavy atom. The SMILES string of the molecule is CCCn1ccc2cc(NC(=O)Cc3c(C)[nH]c4ccccc34)ccc21. The van der Waals surface area contributed by atoms with Crippen molar-refractivity contribution in [3.63, 3.8) is 0 Å². The van der Waals surface area contributed by atoms with Gasteiger partial charge in [-0.25, -0.2) is 0 Å². The maximum atomic E-state index is 12.6. The smallest absolute Gasteiger partial charge is 0.228 e. The Balaban J connectivity index is 1.54. The van der Waals surface area contributed by atoms with Crippen LogP contribution >= 0.6 is 0 Å². The van der Waals surface area contributed by atoms with Crippen molar-refractivity contribution in [1.82, 2.24) is 9.55 Å². The van der Waals surface area contributed by atoms with E-state index in [1.54, 1.807) is 0 Å². The van der Waals surface area contributed by atoms with Gasteiger partial charge in [0.1, 0.15) is 0 Å². The number of carbonyl (C=O) groups is 1. The van der Waals surface area contributed by atoms with Gasteiger partial charge >= 0.3 is 0 Å². The molecule has 0 aliphatic heterocycles. The van der Waals surface area contributed by atoms with E-state index in [2.05, 4.69) is 46.2 Å². The lowest BCUT2D eigenvalue weighted by Crippen LogP contribution is -2.14. The molecule has 0 aliphatic carbocycles. The minimum absolute atomic E-state index is 0.00481. The summed E-state index contributed by atoms with van der Waals surface area (Å²) in [5.41, 5.74) is 5.24. The molecule has 2 heterocycles. The molecule has 132 valence electrons. The van der Waals surface area contributed by atoms with Crippen LogP contribution in [0, 0.1) is 6.92 Å². The lowest BCUT2D eigenvalue weighted by atomic mass is 10.1. The van der Waals surface area contributed by atoms with Crippen LogP contribution in [0.3, 0.4) is 0 Å². The number of nitrogens with one attached hydrogen (secondary N) is 2. The third kappa shape index (κ3) is 2.99. The Bertz CT molecular complexity index is 1090. The van der Waals surface area contributed by atoms with E-state index in [1.165, 1.54) is 5.52 Å². The molecule has 2 N–H and O–H groups in total. The molecule has 4 rings (SSSR count). The molecule has 0 spiro atoms. The number of hydrogen-bond donors (Lipinski definition) is 2. The van der Waals surface area contributed by atoms with E-state index in [0.29, 0.717) is 6.42 Å². The lowest BCUT2D eigenvalue weighted by molar-refractivity contribution is -0.115. The van der Waals surface area contributed by atoms with Crippen LogP contribution in [0.1, 0.15) is 24.6 Å². The molecule has 0 saturated carbocycles. The van der Waals surface area contributed by atoms with Crippen LogP contribution in [-0.2, 0) is 17.8 Å². The van der Waals surface area contributed by atoms with Crippen molar-refractivity contribution < 1.29 is 4.79 Å². The summed E-state index contributed by atoms with van der Waals surface area (Å²) in [7, 11) is 0. The number of anilines is 1. The first-order valence-corrected chi connectivity index (χ1v) is 9.10. The third-order valence-corrected chi connectivity index (χ3v) is 4.88. The van der Waals surface area contributed by atoms with Gasteiger partial charge in [-0.3, -0.25) is 4.79 Å². The van der Waals surface area contributed by atoms with E-state index in [4.69, 9.17) is 0 Å². The van der Waals surface area contributed by atoms with Crippen molar-refractivity contribution in [3.05, 3.63) is 66.0 Å². The first-order valence-electron chi connectivity index (χ1n) is 9.10. The molecule has 4 heteroatoms. The summed E-state index contributed by atoms with van der Waals surface area (Å²) in [5.74, 6) is 0.00481. The molecule has 0 aliphatic rings. The number of benzene rings is 2. The molecule has 26 heavy (non-hydrogen) atoms. The van der Waals surface area contributed by atoms with Crippen molar-refractivity contribution in [3.8, 4) is 0 Å². The van der Waals surface area contributed by atoms with Crippen molar-refractivity contribution in [2.45, 2.75) is 33.2 Å². The van der Waals surface area contributed by atoms with Gasteiger partial charge in [-0.2, -0.15) is 0 Å². The number of H-pyrrole nitrogens is 1. The number of hydrogen-bond acceptors (Lipinski definition) is 1. The number of aryl methyl sites for hydroxylation is 2. The van der Waals surface area contributed by atoms with Gasteiger partial charge in [-0.1, -0.05) is 25.1 Å². The van der Waals surface area contributed by atoms with Crippen LogP contribution in [0.5, 0.6) is 0 Å². The Morgan fingerprint density at radius 2 is 2.00 bits per heavy atom. The average Bonchev–Trinajstić information content (AvgIpc) is 3.16. The quantitative estimate of drug-likeness (QED) is 0.524. The molecule has 1 amide bonds. The second-order valence-electron chi connectivity index (χ2n) is 6.78. The number of aromatic nitrogens is 2. The van der Waals surface area contributed by atoms with E-state index in [9.17, 15) is 4.79 Å². The zero-order chi connectivity index (χ0) is 18.1. The fraction of sp³-hybridized carbons (Fsp3) is 0.227. The summed E-state index contributed by atoms with van der Waals surface area (Å²) in [4.78, 5) is 15.9. The van der Waals surface area contributed by atoms with Gasteiger partial charge in [-0.05, 0) is 49.2 Å². The highest BCUT2D eigenvalue weighted by Crippen LogP contribution is 2.24. The van der Waals surface area contributed by atoms with Gasteiger partial charge in [-0.15, -0.1) is 0 Å². The Kier molecular flexibility index (Phi) is 4.25. The van der Waals surface area contributed by atoms with E-state index >= 15 is 0 Å². The summed E-state index contributed by atoms with van der Waals surface area (Å²) >= 11 is 0. The number of nitrogens with zero attached hydrogens (tertiary/aromatic N) is 1. The van der Waals surface area contributed by atoms with Crippen LogP contribution in [0.25, 0.3) is 21.8 Å². The van der Waals surface area contributed by atoms with Crippen LogP contribution in [0.2, 0.25) is 0 Å². The summed E-state index contributed by atoms with van der Waals surface area (Å²) in [6, 6.07) is 16.3. The number of carbonyl (C=O) groups excluding carboxylic acids is 1. The van der Waals surface area contributed by atoms with Gasteiger partial charge in [0.15, 0.2) is 0 Å². The number of fused-ring (bicyclic) bond motifs is 2. The molecule has 4 nitrogen and oxygen atoms in total. The molecule has 4 aromatic rings. The molecule has 0 unspecified atom stereocenters. The maximum Gasteiger partial charge on any atom is 0.228 e. The van der Waals surface area contributed by atoms with Gasteiger partial charge in [0.2, 0.25) is 5.91 Å². The monoisotopic (exact) mass is 345 g/mol. The van der Waals surface area contributed by atoms with Gasteiger partial charge in [0, 0.05) is 45.9 Å². The number of aromatic amines is 1. The normalized spacial score (nSPS) is 11.3. The number of amides is 1.